The van der Waals surface area contributed by atoms with Gasteiger partial charge in [0.1, 0.15) is 16.2 Å². The number of unbranched alkanes of at least 4 members (excludes halogenated alkanes) is 2. The second kappa shape index (κ2) is 13.9. The summed E-state index contributed by atoms with van der Waals surface area (Å²) >= 11 is 9.08. The standard InChI is InChI=1S/C24H35BrClN7O6S/c1-24(2,3)39-23(35)30-16-8-11-33(12-9-16)40(36,37)18-15-29-32(4)19(18)20(34)27-10-6-5-7-13-38-21-17(25)14-28-22(26)31-21/h14-16H,5-13H2,1-4H3,(H,27,34)(H,30,35). The maximum absolute atomic E-state index is 13.4. The molecular formula is C24H35BrClN7O6S. The number of carbonyl (C=O) groups is 2. The third kappa shape index (κ3) is 9.01. The molecule has 222 valence electrons. The predicted octanol–water partition coefficient (Wildman–Crippen LogP) is 3.28. The molecule has 0 spiro atoms. The second-order valence-electron chi connectivity index (χ2n) is 10.3. The lowest BCUT2D eigenvalue weighted by Gasteiger charge is -2.32. The van der Waals surface area contributed by atoms with Gasteiger partial charge in [-0.15, -0.1) is 0 Å². The van der Waals surface area contributed by atoms with E-state index in [-0.39, 0.29) is 35.0 Å². The molecule has 2 N–H and O–H groups in total. The van der Waals surface area contributed by atoms with Gasteiger partial charge in [-0.1, -0.05) is 0 Å². The van der Waals surface area contributed by atoms with Gasteiger partial charge in [0.2, 0.25) is 21.2 Å². The summed E-state index contributed by atoms with van der Waals surface area (Å²) in [4.78, 5) is 32.7. The summed E-state index contributed by atoms with van der Waals surface area (Å²) in [6.07, 6.45) is 5.17. The normalized spacial score (nSPS) is 15.1. The predicted molar refractivity (Wildman–Crippen MR) is 151 cm³/mol. The van der Waals surface area contributed by atoms with E-state index in [2.05, 4.69) is 41.6 Å². The molecule has 1 aliphatic heterocycles. The first-order valence-electron chi connectivity index (χ1n) is 12.9. The largest absolute Gasteiger partial charge is 0.477 e. The monoisotopic (exact) mass is 663 g/mol. The Kier molecular flexibility index (Phi) is 11.1. The van der Waals surface area contributed by atoms with Crippen molar-refractivity contribution < 1.29 is 27.5 Å². The number of sulfonamides is 1. The molecule has 13 nitrogen and oxygen atoms in total. The number of hydrogen-bond donors (Lipinski definition) is 2. The van der Waals surface area contributed by atoms with Crippen LogP contribution in [0.15, 0.2) is 21.8 Å². The highest BCUT2D eigenvalue weighted by atomic mass is 79.9. The number of alkyl carbamates (subject to hydrolysis) is 1. The fourth-order valence-electron chi connectivity index (χ4n) is 4.01. The maximum Gasteiger partial charge on any atom is 0.407 e. The minimum absolute atomic E-state index is 0.0252. The van der Waals surface area contributed by atoms with E-state index in [0.29, 0.717) is 49.2 Å². The highest BCUT2D eigenvalue weighted by Gasteiger charge is 2.35. The zero-order valence-electron chi connectivity index (χ0n) is 22.9. The Bertz CT molecular complexity index is 1290. The van der Waals surface area contributed by atoms with Crippen molar-refractivity contribution in [3.63, 3.8) is 0 Å². The highest BCUT2D eigenvalue weighted by Crippen LogP contribution is 2.24. The van der Waals surface area contributed by atoms with E-state index in [0.717, 1.165) is 6.42 Å². The van der Waals surface area contributed by atoms with E-state index in [4.69, 9.17) is 21.1 Å². The number of piperidine rings is 1. The van der Waals surface area contributed by atoms with Gasteiger partial charge in [-0.2, -0.15) is 14.4 Å². The Labute approximate surface area is 247 Å². The highest BCUT2D eigenvalue weighted by molar-refractivity contribution is 9.10. The summed E-state index contributed by atoms with van der Waals surface area (Å²) in [6.45, 7) is 6.48. The molecule has 0 saturated carbocycles. The topological polar surface area (TPSA) is 158 Å². The zero-order chi connectivity index (χ0) is 29.5. The van der Waals surface area contributed by atoms with Crippen molar-refractivity contribution in [2.24, 2.45) is 7.05 Å². The van der Waals surface area contributed by atoms with Crippen molar-refractivity contribution in [1.29, 1.82) is 0 Å². The number of amides is 2. The van der Waals surface area contributed by atoms with Crippen LogP contribution in [0.3, 0.4) is 0 Å². The Balaban J connectivity index is 1.47. The molecular weight excluding hydrogens is 630 g/mol. The lowest BCUT2D eigenvalue weighted by Crippen LogP contribution is -2.47. The molecule has 1 fully saturated rings. The molecule has 1 aliphatic rings. The van der Waals surface area contributed by atoms with Gasteiger partial charge >= 0.3 is 6.09 Å². The van der Waals surface area contributed by atoms with Gasteiger partial charge in [-0.25, -0.2) is 18.2 Å². The van der Waals surface area contributed by atoms with Crippen LogP contribution in [0.25, 0.3) is 0 Å². The number of aromatic nitrogens is 4. The number of aryl methyl sites for hydroxylation is 1. The SMILES string of the molecule is Cn1ncc(S(=O)(=O)N2CCC(NC(=O)OC(C)(C)C)CC2)c1C(=O)NCCCCCOc1nc(Cl)ncc1Br. The van der Waals surface area contributed by atoms with Crippen LogP contribution in [0.5, 0.6) is 5.88 Å². The molecule has 2 aromatic rings. The van der Waals surface area contributed by atoms with Gasteiger partial charge < -0.3 is 20.1 Å². The summed E-state index contributed by atoms with van der Waals surface area (Å²) in [5, 5.41) is 9.70. The minimum Gasteiger partial charge on any atom is -0.477 e. The Morgan fingerprint density at radius 2 is 1.88 bits per heavy atom. The van der Waals surface area contributed by atoms with Crippen LogP contribution < -0.4 is 15.4 Å². The van der Waals surface area contributed by atoms with Crippen LogP contribution in [-0.4, -0.2) is 82.4 Å². The summed E-state index contributed by atoms with van der Waals surface area (Å²) in [5.41, 5.74) is -0.645. The Morgan fingerprint density at radius 3 is 2.55 bits per heavy atom. The third-order valence-electron chi connectivity index (χ3n) is 5.94. The van der Waals surface area contributed by atoms with Crippen LogP contribution in [0.2, 0.25) is 5.28 Å². The first-order chi connectivity index (χ1) is 18.8. The number of nitrogens with zero attached hydrogens (tertiary/aromatic N) is 5. The quantitative estimate of drug-likeness (QED) is 0.272. The number of halogens is 2. The molecule has 40 heavy (non-hydrogen) atoms. The molecule has 3 rings (SSSR count). The van der Waals surface area contributed by atoms with Crippen molar-refractivity contribution in [2.75, 3.05) is 26.2 Å². The molecule has 0 aliphatic carbocycles. The van der Waals surface area contributed by atoms with Crippen LogP contribution >= 0.6 is 27.5 Å². The molecule has 0 radical (unpaired) electrons. The smallest absolute Gasteiger partial charge is 0.407 e. The summed E-state index contributed by atoms with van der Waals surface area (Å²) in [7, 11) is -2.44. The van der Waals surface area contributed by atoms with E-state index in [1.54, 1.807) is 20.8 Å². The number of ether oxygens (including phenoxy) is 2. The lowest BCUT2D eigenvalue weighted by molar-refractivity contribution is 0.0489. The molecule has 1 saturated heterocycles. The first kappa shape index (κ1) is 32.0. The summed E-state index contributed by atoms with van der Waals surface area (Å²) in [6, 6.07) is -0.205. The molecule has 2 aromatic heterocycles. The average molecular weight is 665 g/mol. The van der Waals surface area contributed by atoms with Crippen LogP contribution in [0.1, 0.15) is 63.4 Å². The van der Waals surface area contributed by atoms with Gasteiger partial charge in [-0.05, 0) is 80.4 Å². The molecule has 0 bridgehead atoms. The van der Waals surface area contributed by atoms with Crippen molar-refractivity contribution in [3.8, 4) is 5.88 Å². The maximum atomic E-state index is 13.4. The van der Waals surface area contributed by atoms with E-state index >= 15 is 0 Å². The fraction of sp³-hybridized carbons (Fsp3) is 0.625. The lowest BCUT2D eigenvalue weighted by atomic mass is 10.1. The van der Waals surface area contributed by atoms with Gasteiger partial charge in [0, 0.05) is 38.9 Å². The van der Waals surface area contributed by atoms with Gasteiger partial charge in [0.25, 0.3) is 5.91 Å². The van der Waals surface area contributed by atoms with Crippen LogP contribution in [0.4, 0.5) is 4.79 Å². The average Bonchev–Trinajstić information content (AvgIpc) is 3.26. The van der Waals surface area contributed by atoms with Crippen molar-refractivity contribution in [2.45, 2.75) is 69.4 Å². The molecule has 3 heterocycles. The Hall–Kier alpha value is -2.49. The third-order valence-corrected chi connectivity index (χ3v) is 8.57. The first-order valence-corrected chi connectivity index (χ1v) is 15.5. The van der Waals surface area contributed by atoms with E-state index in [1.165, 1.54) is 28.4 Å². The Morgan fingerprint density at radius 1 is 1.18 bits per heavy atom. The minimum atomic E-state index is -3.97. The fourth-order valence-corrected chi connectivity index (χ4v) is 6.06. The molecule has 0 aromatic carbocycles. The van der Waals surface area contributed by atoms with Gasteiger partial charge in [0.05, 0.1) is 17.3 Å². The van der Waals surface area contributed by atoms with E-state index in [1.807, 2.05) is 0 Å². The second-order valence-corrected chi connectivity index (χ2v) is 13.4. The van der Waals surface area contributed by atoms with Gasteiger partial charge in [0.15, 0.2) is 0 Å². The number of carbonyl (C=O) groups excluding carboxylic acids is 2. The molecule has 2 amide bonds. The van der Waals surface area contributed by atoms with Crippen molar-refractivity contribution in [1.82, 2.24) is 34.7 Å². The van der Waals surface area contributed by atoms with Crippen molar-refractivity contribution >= 4 is 49.6 Å². The van der Waals surface area contributed by atoms with Crippen molar-refractivity contribution in [3.05, 3.63) is 27.8 Å². The number of hydrogen-bond acceptors (Lipinski definition) is 9. The van der Waals surface area contributed by atoms with Gasteiger partial charge in [-0.3, -0.25) is 9.48 Å². The molecule has 16 heteroatoms. The van der Waals surface area contributed by atoms with E-state index in [9.17, 15) is 18.0 Å². The van der Waals surface area contributed by atoms with Crippen LogP contribution in [0, 0.1) is 0 Å². The van der Waals surface area contributed by atoms with Crippen LogP contribution in [-0.2, 0) is 21.8 Å². The number of rotatable bonds is 11. The molecule has 0 unspecified atom stereocenters. The molecule has 0 atom stereocenters. The summed E-state index contributed by atoms with van der Waals surface area (Å²) < 4.78 is 40.9. The number of nitrogens with one attached hydrogen (secondary N) is 2. The summed E-state index contributed by atoms with van der Waals surface area (Å²) in [5.74, 6) is -0.155. The zero-order valence-corrected chi connectivity index (χ0v) is 26.1. The van der Waals surface area contributed by atoms with E-state index < -0.39 is 27.6 Å².